The third kappa shape index (κ3) is 5.42. The molecule has 1 amide bonds. The van der Waals surface area contributed by atoms with E-state index in [1.165, 1.54) is 18.2 Å². The summed E-state index contributed by atoms with van der Waals surface area (Å²) in [6.45, 7) is 2.04. The Balaban J connectivity index is 1.54. The molecule has 0 spiro atoms. The Morgan fingerprint density at radius 1 is 0.975 bits per heavy atom. The van der Waals surface area contributed by atoms with Gasteiger partial charge in [-0.05, 0) is 65.6 Å². The first-order valence-corrected chi connectivity index (χ1v) is 12.9. The van der Waals surface area contributed by atoms with Crippen molar-refractivity contribution in [1.82, 2.24) is 15.3 Å². The van der Waals surface area contributed by atoms with Gasteiger partial charge in [-0.1, -0.05) is 49.7 Å². The number of carbonyl (C=O) groups is 2. The quantitative estimate of drug-likeness (QED) is 0.188. The minimum Gasteiger partial charge on any atom is -0.497 e. The molecule has 40 heavy (non-hydrogen) atoms. The third-order valence-corrected chi connectivity index (χ3v) is 6.81. The molecule has 0 aliphatic carbocycles. The van der Waals surface area contributed by atoms with Crippen molar-refractivity contribution in [3.05, 3.63) is 107 Å². The molecule has 0 fully saturated rings. The predicted molar refractivity (Wildman–Crippen MR) is 152 cm³/mol. The van der Waals surface area contributed by atoms with Gasteiger partial charge in [0.2, 0.25) is 0 Å². The number of carbonyl (C=O) groups excluding carboxylic acids is 1. The summed E-state index contributed by atoms with van der Waals surface area (Å²) in [5.74, 6) is -1.05. The fraction of sp³-hybridized carbons (Fsp3) is 0.156. The summed E-state index contributed by atoms with van der Waals surface area (Å²) in [5, 5.41) is 13.1. The molecule has 0 saturated heterocycles. The molecule has 1 atom stereocenters. The average Bonchev–Trinajstić information content (AvgIpc) is 3.40. The molecular weight excluding hydrogens is 509 g/mol. The van der Waals surface area contributed by atoms with Crippen LogP contribution in [-0.4, -0.2) is 34.1 Å². The molecule has 5 rings (SSSR count). The normalized spacial score (nSPS) is 11.8. The molecule has 4 aromatic carbocycles. The van der Waals surface area contributed by atoms with Gasteiger partial charge in [-0.25, -0.2) is 14.2 Å². The molecule has 3 N–H and O–H groups in total. The second-order valence-corrected chi connectivity index (χ2v) is 9.45. The first kappa shape index (κ1) is 26.6. The van der Waals surface area contributed by atoms with Crippen molar-refractivity contribution in [2.24, 2.45) is 0 Å². The van der Waals surface area contributed by atoms with Crippen LogP contribution in [0.15, 0.2) is 84.9 Å². The number of amides is 1. The van der Waals surface area contributed by atoms with Crippen molar-refractivity contribution in [1.29, 1.82) is 0 Å². The Bertz CT molecular complexity index is 1700. The minimum absolute atomic E-state index is 0.121. The van der Waals surface area contributed by atoms with E-state index in [0.29, 0.717) is 28.2 Å². The van der Waals surface area contributed by atoms with Gasteiger partial charge in [-0.2, -0.15) is 0 Å². The number of aromatic nitrogens is 2. The third-order valence-electron chi connectivity index (χ3n) is 6.81. The van der Waals surface area contributed by atoms with Crippen LogP contribution in [0.4, 0.5) is 4.39 Å². The Morgan fingerprint density at radius 2 is 1.75 bits per heavy atom. The van der Waals surface area contributed by atoms with Crippen molar-refractivity contribution in [3.8, 4) is 28.3 Å². The van der Waals surface area contributed by atoms with Gasteiger partial charge in [0.25, 0.3) is 5.91 Å². The lowest BCUT2D eigenvalue weighted by molar-refractivity contribution is 0.0697. The van der Waals surface area contributed by atoms with Crippen LogP contribution < -0.4 is 10.1 Å². The number of fused-ring (bicyclic) bond motifs is 1. The van der Waals surface area contributed by atoms with E-state index in [1.807, 2.05) is 37.3 Å². The number of nitrogens with zero attached hydrogens (tertiary/aromatic N) is 1. The highest BCUT2D eigenvalue weighted by atomic mass is 19.1. The van der Waals surface area contributed by atoms with Gasteiger partial charge >= 0.3 is 5.97 Å². The Hall–Kier alpha value is -4.98. The maximum absolute atomic E-state index is 14.5. The molecule has 1 aromatic heterocycles. The molecule has 0 bridgehead atoms. The monoisotopic (exact) mass is 537 g/mol. The molecule has 0 aliphatic heterocycles. The molecule has 7 nitrogen and oxygen atoms in total. The van der Waals surface area contributed by atoms with Crippen molar-refractivity contribution < 1.29 is 23.8 Å². The highest BCUT2D eigenvalue weighted by molar-refractivity contribution is 6.03. The van der Waals surface area contributed by atoms with E-state index in [1.54, 1.807) is 43.5 Å². The van der Waals surface area contributed by atoms with Gasteiger partial charge in [-0.15, -0.1) is 0 Å². The zero-order chi connectivity index (χ0) is 28.2. The number of hydrogen-bond donors (Lipinski definition) is 3. The largest absolute Gasteiger partial charge is 0.497 e. The number of rotatable bonds is 9. The molecule has 1 heterocycles. The first-order valence-electron chi connectivity index (χ1n) is 12.9. The zero-order valence-electron chi connectivity index (χ0n) is 22.1. The number of aromatic carboxylic acids is 1. The topological polar surface area (TPSA) is 104 Å². The van der Waals surface area contributed by atoms with E-state index in [9.17, 15) is 19.1 Å². The SMILES string of the molecule is CCCC(NC(=O)c1ccc(-c2cc(F)ccc2-c2nc3ccc(OC)cc3[nH]2)c(C(=O)O)c1)c1ccccc1. The summed E-state index contributed by atoms with van der Waals surface area (Å²) >= 11 is 0. The van der Waals surface area contributed by atoms with Crippen LogP contribution >= 0.6 is 0 Å². The van der Waals surface area contributed by atoms with Crippen LogP contribution in [0.2, 0.25) is 0 Å². The van der Waals surface area contributed by atoms with E-state index in [-0.39, 0.29) is 28.6 Å². The Labute approximate surface area is 230 Å². The fourth-order valence-corrected chi connectivity index (χ4v) is 4.82. The number of methoxy groups -OCH3 is 1. The molecule has 8 heteroatoms. The molecule has 1 unspecified atom stereocenters. The highest BCUT2D eigenvalue weighted by Crippen LogP contribution is 2.35. The summed E-state index contributed by atoms with van der Waals surface area (Å²) in [7, 11) is 1.57. The Morgan fingerprint density at radius 3 is 2.48 bits per heavy atom. The summed E-state index contributed by atoms with van der Waals surface area (Å²) in [4.78, 5) is 33.5. The van der Waals surface area contributed by atoms with Crippen LogP contribution in [0.3, 0.4) is 0 Å². The summed E-state index contributed by atoms with van der Waals surface area (Å²) in [6.07, 6.45) is 1.59. The number of carboxylic acid groups (broad SMARTS) is 1. The minimum atomic E-state index is -1.23. The second-order valence-electron chi connectivity index (χ2n) is 9.45. The number of imidazole rings is 1. The van der Waals surface area contributed by atoms with Crippen LogP contribution in [0.5, 0.6) is 5.75 Å². The lowest BCUT2D eigenvalue weighted by Crippen LogP contribution is -2.28. The van der Waals surface area contributed by atoms with Crippen molar-refractivity contribution in [2.75, 3.05) is 7.11 Å². The van der Waals surface area contributed by atoms with Gasteiger partial charge in [0.1, 0.15) is 17.4 Å². The van der Waals surface area contributed by atoms with E-state index >= 15 is 0 Å². The van der Waals surface area contributed by atoms with E-state index in [0.717, 1.165) is 23.9 Å². The van der Waals surface area contributed by atoms with Gasteiger partial charge in [0.15, 0.2) is 0 Å². The van der Waals surface area contributed by atoms with Gasteiger partial charge in [-0.3, -0.25) is 4.79 Å². The lowest BCUT2D eigenvalue weighted by Gasteiger charge is -2.19. The number of ether oxygens (including phenoxy) is 1. The van der Waals surface area contributed by atoms with Gasteiger partial charge in [0, 0.05) is 17.2 Å². The van der Waals surface area contributed by atoms with E-state index in [4.69, 9.17) is 4.74 Å². The van der Waals surface area contributed by atoms with Crippen LogP contribution in [0.1, 0.15) is 52.1 Å². The van der Waals surface area contributed by atoms with Gasteiger partial charge in [0.05, 0.1) is 29.7 Å². The van der Waals surface area contributed by atoms with E-state index < -0.39 is 11.8 Å². The zero-order valence-corrected chi connectivity index (χ0v) is 22.1. The summed E-state index contributed by atoms with van der Waals surface area (Å²) < 4.78 is 19.8. The van der Waals surface area contributed by atoms with Crippen LogP contribution in [0, 0.1) is 5.82 Å². The maximum atomic E-state index is 14.5. The van der Waals surface area contributed by atoms with E-state index in [2.05, 4.69) is 15.3 Å². The molecule has 0 aliphatic rings. The number of benzene rings is 4. The number of H-pyrrole nitrogens is 1. The van der Waals surface area contributed by atoms with Crippen LogP contribution in [0.25, 0.3) is 33.5 Å². The second kappa shape index (κ2) is 11.4. The maximum Gasteiger partial charge on any atom is 0.336 e. The van der Waals surface area contributed by atoms with Crippen molar-refractivity contribution >= 4 is 22.9 Å². The lowest BCUT2D eigenvalue weighted by atomic mass is 9.93. The average molecular weight is 538 g/mol. The fourth-order valence-electron chi connectivity index (χ4n) is 4.82. The number of aromatic amines is 1. The predicted octanol–water partition coefficient (Wildman–Crippen LogP) is 7.01. The number of carboxylic acids is 1. The first-order chi connectivity index (χ1) is 19.4. The standard InChI is InChI=1S/C32H28FN3O4/c1-3-7-27(19-8-5-4-6-9-19)36-31(37)20-10-13-23(26(16-20)32(38)39)25-17-21(33)11-14-24(25)30-34-28-15-12-22(40-2)18-29(28)35-30/h4-6,8-18,27H,3,7H2,1-2H3,(H,34,35)(H,36,37)(H,38,39). The Kier molecular flexibility index (Phi) is 7.59. The summed E-state index contributed by atoms with van der Waals surface area (Å²) in [6, 6.07) is 23.4. The molecule has 0 radical (unpaired) electrons. The molecule has 202 valence electrons. The smallest absolute Gasteiger partial charge is 0.336 e. The van der Waals surface area contributed by atoms with Crippen molar-refractivity contribution in [3.63, 3.8) is 0 Å². The number of halogens is 1. The summed E-state index contributed by atoms with van der Waals surface area (Å²) in [5.41, 5.74) is 3.57. The van der Waals surface area contributed by atoms with Crippen LogP contribution in [-0.2, 0) is 0 Å². The molecular formula is C32H28FN3O4. The number of nitrogens with one attached hydrogen (secondary N) is 2. The number of hydrogen-bond acceptors (Lipinski definition) is 4. The van der Waals surface area contributed by atoms with Crippen molar-refractivity contribution in [2.45, 2.75) is 25.8 Å². The molecule has 5 aromatic rings. The van der Waals surface area contributed by atoms with Gasteiger partial charge < -0.3 is 20.1 Å². The highest BCUT2D eigenvalue weighted by Gasteiger charge is 2.22. The molecule has 0 saturated carbocycles.